The van der Waals surface area contributed by atoms with Crippen LogP contribution in [0, 0.1) is 0 Å². The Morgan fingerprint density at radius 3 is 2.73 bits per heavy atom. The van der Waals surface area contributed by atoms with E-state index in [0.29, 0.717) is 17.6 Å². The zero-order valence-electron chi connectivity index (χ0n) is 12.0. The first kappa shape index (κ1) is 14.0. The number of aromatic nitrogens is 3. The molecule has 0 bridgehead atoms. The molecule has 112 valence electrons. The first-order chi connectivity index (χ1) is 10.7. The molecule has 3 aromatic rings. The average molecular weight is 297 g/mol. The lowest BCUT2D eigenvalue weighted by molar-refractivity contribution is 0.0954. The van der Waals surface area contributed by atoms with E-state index in [1.54, 1.807) is 23.6 Å². The van der Waals surface area contributed by atoms with Crippen LogP contribution in [0.2, 0.25) is 0 Å². The molecule has 7 nitrogen and oxygen atoms in total. The number of pyridine rings is 1. The van der Waals surface area contributed by atoms with Gasteiger partial charge in [0.25, 0.3) is 5.91 Å². The van der Waals surface area contributed by atoms with Crippen molar-refractivity contribution in [3.05, 3.63) is 59.5 Å². The minimum Gasteiger partial charge on any atom is -0.497 e. The number of nitrogens with zero attached hydrogens (tertiary/aromatic N) is 3. The minimum absolute atomic E-state index is 0.387. The van der Waals surface area contributed by atoms with Crippen molar-refractivity contribution < 1.29 is 9.53 Å². The highest BCUT2D eigenvalue weighted by atomic mass is 16.5. The summed E-state index contributed by atoms with van der Waals surface area (Å²) in [5.74, 6) is 6.33. The Balaban J connectivity index is 1.96. The van der Waals surface area contributed by atoms with E-state index in [9.17, 15) is 4.79 Å². The molecule has 3 N–H and O–H groups in total. The fraction of sp³-hybridized carbons (Fsp3) is 0.133. The second kappa shape index (κ2) is 5.82. The number of benzene rings is 1. The Morgan fingerprint density at radius 2 is 2.05 bits per heavy atom. The number of carbonyl (C=O) groups is 1. The van der Waals surface area contributed by atoms with Gasteiger partial charge in [-0.15, -0.1) is 10.2 Å². The second-order valence-corrected chi connectivity index (χ2v) is 4.73. The van der Waals surface area contributed by atoms with Gasteiger partial charge in [0.05, 0.1) is 12.7 Å². The highest BCUT2D eigenvalue weighted by Crippen LogP contribution is 2.16. The van der Waals surface area contributed by atoms with Gasteiger partial charge in [-0.1, -0.05) is 12.1 Å². The zero-order valence-corrected chi connectivity index (χ0v) is 12.0. The van der Waals surface area contributed by atoms with E-state index in [2.05, 4.69) is 15.6 Å². The van der Waals surface area contributed by atoms with Crippen molar-refractivity contribution in [3.8, 4) is 5.75 Å². The lowest BCUT2D eigenvalue weighted by Gasteiger charge is -2.04. The van der Waals surface area contributed by atoms with E-state index in [0.717, 1.165) is 17.1 Å². The third-order valence-electron chi connectivity index (χ3n) is 3.40. The van der Waals surface area contributed by atoms with Gasteiger partial charge in [0, 0.05) is 12.6 Å². The van der Waals surface area contributed by atoms with Crippen molar-refractivity contribution in [1.82, 2.24) is 20.0 Å². The number of hydrogen-bond acceptors (Lipinski definition) is 5. The molecule has 0 saturated carbocycles. The number of methoxy groups -OCH3 is 1. The van der Waals surface area contributed by atoms with Crippen molar-refractivity contribution in [2.45, 2.75) is 6.42 Å². The third-order valence-corrected chi connectivity index (χ3v) is 3.40. The predicted molar refractivity (Wildman–Crippen MR) is 80.4 cm³/mol. The van der Waals surface area contributed by atoms with Gasteiger partial charge in [-0.25, -0.2) is 5.84 Å². The lowest BCUT2D eigenvalue weighted by atomic mass is 10.1. The molecule has 1 amide bonds. The summed E-state index contributed by atoms with van der Waals surface area (Å²) in [5.41, 5.74) is 4.05. The summed E-state index contributed by atoms with van der Waals surface area (Å²) in [6, 6.07) is 11.1. The van der Waals surface area contributed by atoms with Crippen LogP contribution < -0.4 is 16.0 Å². The summed E-state index contributed by atoms with van der Waals surface area (Å²) >= 11 is 0. The van der Waals surface area contributed by atoms with E-state index in [-0.39, 0.29) is 0 Å². The van der Waals surface area contributed by atoms with Gasteiger partial charge in [0.2, 0.25) is 0 Å². The number of rotatable bonds is 4. The highest BCUT2D eigenvalue weighted by molar-refractivity contribution is 5.99. The number of ether oxygens (including phenoxy) is 1. The van der Waals surface area contributed by atoms with Crippen molar-refractivity contribution in [2.24, 2.45) is 5.84 Å². The summed E-state index contributed by atoms with van der Waals surface area (Å²) in [6.45, 7) is 0. The van der Waals surface area contributed by atoms with Crippen LogP contribution in [0.3, 0.4) is 0 Å². The molecular weight excluding hydrogens is 282 g/mol. The molecule has 0 atom stereocenters. The highest BCUT2D eigenvalue weighted by Gasteiger charge is 2.14. The molecule has 7 heteroatoms. The Morgan fingerprint density at radius 1 is 1.27 bits per heavy atom. The smallest absolute Gasteiger partial charge is 0.269 e. The Kier molecular flexibility index (Phi) is 3.71. The van der Waals surface area contributed by atoms with Gasteiger partial charge in [-0.3, -0.25) is 14.6 Å². The Labute approximate surface area is 126 Å². The SMILES string of the molecule is COc1ccc(Cc2nnc3c(C(=O)NN)cccn23)cc1. The number of carbonyl (C=O) groups excluding carboxylic acids is 1. The van der Waals surface area contributed by atoms with Gasteiger partial charge in [-0.05, 0) is 29.8 Å². The van der Waals surface area contributed by atoms with E-state index in [4.69, 9.17) is 10.6 Å². The van der Waals surface area contributed by atoms with Gasteiger partial charge in [0.15, 0.2) is 5.65 Å². The molecule has 2 heterocycles. The summed E-state index contributed by atoms with van der Waals surface area (Å²) in [4.78, 5) is 11.7. The Bertz CT molecular complexity index is 810. The molecule has 22 heavy (non-hydrogen) atoms. The van der Waals surface area contributed by atoms with Crippen LogP contribution in [0.25, 0.3) is 5.65 Å². The molecule has 0 spiro atoms. The molecule has 1 aromatic carbocycles. The van der Waals surface area contributed by atoms with Crippen LogP contribution in [0.15, 0.2) is 42.6 Å². The van der Waals surface area contributed by atoms with Crippen molar-refractivity contribution >= 4 is 11.6 Å². The first-order valence-electron chi connectivity index (χ1n) is 6.69. The fourth-order valence-corrected chi connectivity index (χ4v) is 2.27. The van der Waals surface area contributed by atoms with E-state index in [1.807, 2.05) is 30.5 Å². The van der Waals surface area contributed by atoms with Crippen LogP contribution in [-0.2, 0) is 6.42 Å². The monoisotopic (exact) mass is 297 g/mol. The second-order valence-electron chi connectivity index (χ2n) is 4.73. The van der Waals surface area contributed by atoms with Crippen LogP contribution >= 0.6 is 0 Å². The summed E-state index contributed by atoms with van der Waals surface area (Å²) in [5, 5.41) is 8.26. The normalized spacial score (nSPS) is 10.6. The third kappa shape index (κ3) is 2.49. The van der Waals surface area contributed by atoms with Crippen molar-refractivity contribution in [2.75, 3.05) is 7.11 Å². The van der Waals surface area contributed by atoms with Crippen molar-refractivity contribution in [3.63, 3.8) is 0 Å². The summed E-state index contributed by atoms with van der Waals surface area (Å²) in [7, 11) is 1.63. The van der Waals surface area contributed by atoms with E-state index >= 15 is 0 Å². The number of nitrogens with one attached hydrogen (secondary N) is 1. The molecule has 0 saturated heterocycles. The molecule has 3 rings (SSSR count). The number of fused-ring (bicyclic) bond motifs is 1. The molecule has 0 aliphatic carbocycles. The van der Waals surface area contributed by atoms with Gasteiger partial charge in [-0.2, -0.15) is 0 Å². The standard InChI is InChI=1S/C15H15N5O2/c1-22-11-6-4-10(5-7-11)9-13-18-19-14-12(15(21)17-16)3-2-8-20(13)14/h2-8H,9,16H2,1H3,(H,17,21). The first-order valence-corrected chi connectivity index (χ1v) is 6.69. The van der Waals surface area contributed by atoms with Crippen LogP contribution in [0.5, 0.6) is 5.75 Å². The van der Waals surface area contributed by atoms with Gasteiger partial charge in [0.1, 0.15) is 11.6 Å². The maximum Gasteiger partial charge on any atom is 0.269 e. The quantitative estimate of drug-likeness (QED) is 0.424. The molecule has 2 aromatic heterocycles. The Hall–Kier alpha value is -2.93. The minimum atomic E-state index is -0.394. The average Bonchev–Trinajstić information content (AvgIpc) is 2.98. The van der Waals surface area contributed by atoms with E-state index in [1.165, 1.54) is 0 Å². The maximum absolute atomic E-state index is 11.7. The van der Waals surface area contributed by atoms with E-state index < -0.39 is 5.91 Å². The number of amides is 1. The largest absolute Gasteiger partial charge is 0.497 e. The molecule has 0 fully saturated rings. The summed E-state index contributed by atoms with van der Waals surface area (Å²) < 4.78 is 6.93. The summed E-state index contributed by atoms with van der Waals surface area (Å²) in [6.07, 6.45) is 2.42. The number of nitrogens with two attached hydrogens (primary N) is 1. The topological polar surface area (TPSA) is 94.5 Å². The van der Waals surface area contributed by atoms with Crippen molar-refractivity contribution in [1.29, 1.82) is 0 Å². The van der Waals surface area contributed by atoms with Gasteiger partial charge >= 0.3 is 0 Å². The number of nitrogen functional groups attached to an aromatic ring is 1. The molecular formula is C15H15N5O2. The number of hydrogen-bond donors (Lipinski definition) is 2. The molecule has 0 radical (unpaired) electrons. The maximum atomic E-state index is 11.7. The lowest BCUT2D eigenvalue weighted by Crippen LogP contribution is -2.30. The van der Waals surface area contributed by atoms with Crippen LogP contribution in [0.1, 0.15) is 21.7 Å². The molecule has 0 aliphatic heterocycles. The molecule has 0 aliphatic rings. The van der Waals surface area contributed by atoms with Crippen LogP contribution in [0.4, 0.5) is 0 Å². The van der Waals surface area contributed by atoms with Gasteiger partial charge < -0.3 is 4.74 Å². The fourth-order valence-electron chi connectivity index (χ4n) is 2.27. The van der Waals surface area contributed by atoms with Crippen LogP contribution in [-0.4, -0.2) is 27.6 Å². The number of hydrazine groups is 1. The predicted octanol–water partition coefficient (Wildman–Crippen LogP) is 0.932. The zero-order chi connectivity index (χ0) is 15.5. The molecule has 0 unspecified atom stereocenters.